The summed E-state index contributed by atoms with van der Waals surface area (Å²) in [4.78, 5) is 7.24. The molecule has 0 atom stereocenters. The van der Waals surface area contributed by atoms with Crippen LogP contribution in [0.15, 0.2) is 60.7 Å². The van der Waals surface area contributed by atoms with E-state index in [2.05, 4.69) is 22.1 Å². The van der Waals surface area contributed by atoms with Crippen LogP contribution in [0.1, 0.15) is 20.3 Å². The third kappa shape index (κ3) is 3.35. The van der Waals surface area contributed by atoms with Crippen LogP contribution in [0.4, 0.5) is 0 Å². The van der Waals surface area contributed by atoms with E-state index in [0.717, 1.165) is 29.0 Å². The summed E-state index contributed by atoms with van der Waals surface area (Å²) in [5, 5.41) is 0. The van der Waals surface area contributed by atoms with Gasteiger partial charge in [0.2, 0.25) is 0 Å². The SMILES string of the molecule is C1=CCC=C(Oc2ccc3nc[nH]c3c2)C=C1.CC. The van der Waals surface area contributed by atoms with Crippen LogP contribution in [0, 0.1) is 0 Å². The zero-order valence-corrected chi connectivity index (χ0v) is 11.3. The Bertz CT molecular complexity index is 620. The molecule has 19 heavy (non-hydrogen) atoms. The van der Waals surface area contributed by atoms with E-state index in [1.54, 1.807) is 6.33 Å². The summed E-state index contributed by atoms with van der Waals surface area (Å²) >= 11 is 0. The molecule has 3 nitrogen and oxygen atoms in total. The molecule has 0 saturated carbocycles. The number of nitrogens with one attached hydrogen (secondary N) is 1. The van der Waals surface area contributed by atoms with Gasteiger partial charge >= 0.3 is 0 Å². The normalized spacial score (nSPS) is 13.5. The van der Waals surface area contributed by atoms with Gasteiger partial charge in [0.15, 0.2) is 0 Å². The highest BCUT2D eigenvalue weighted by Gasteiger charge is 2.01. The van der Waals surface area contributed by atoms with Crippen molar-refractivity contribution in [2.24, 2.45) is 0 Å². The lowest BCUT2D eigenvalue weighted by atomic mass is 10.3. The third-order valence-electron chi connectivity index (χ3n) is 2.59. The summed E-state index contributed by atoms with van der Waals surface area (Å²) in [6.07, 6.45) is 12.7. The number of nitrogens with zero attached hydrogens (tertiary/aromatic N) is 1. The highest BCUT2D eigenvalue weighted by atomic mass is 16.5. The fourth-order valence-electron chi connectivity index (χ4n) is 1.75. The van der Waals surface area contributed by atoms with Crippen molar-refractivity contribution in [3.05, 3.63) is 60.7 Å². The molecule has 0 radical (unpaired) electrons. The fourth-order valence-corrected chi connectivity index (χ4v) is 1.75. The van der Waals surface area contributed by atoms with Gasteiger partial charge < -0.3 is 9.72 Å². The highest BCUT2D eigenvalue weighted by molar-refractivity contribution is 5.76. The van der Waals surface area contributed by atoms with Crippen LogP contribution in [0.25, 0.3) is 11.0 Å². The summed E-state index contributed by atoms with van der Waals surface area (Å²) in [5.41, 5.74) is 1.93. The molecule has 0 aliphatic heterocycles. The molecule has 2 aromatic rings. The Labute approximate surface area is 113 Å². The number of hydrogen-bond acceptors (Lipinski definition) is 2. The third-order valence-corrected chi connectivity index (χ3v) is 2.59. The summed E-state index contributed by atoms with van der Waals surface area (Å²) in [6.45, 7) is 4.00. The topological polar surface area (TPSA) is 37.9 Å². The van der Waals surface area contributed by atoms with Crippen molar-refractivity contribution in [3.63, 3.8) is 0 Å². The number of ether oxygens (including phenoxy) is 1. The molecule has 0 unspecified atom stereocenters. The molecule has 0 fully saturated rings. The van der Waals surface area contributed by atoms with Crippen LogP contribution in [-0.2, 0) is 0 Å². The van der Waals surface area contributed by atoms with Gasteiger partial charge in [-0.2, -0.15) is 0 Å². The smallest absolute Gasteiger partial charge is 0.129 e. The van der Waals surface area contributed by atoms with Crippen LogP contribution in [-0.4, -0.2) is 9.97 Å². The maximum absolute atomic E-state index is 5.80. The maximum Gasteiger partial charge on any atom is 0.129 e. The molecule has 3 rings (SSSR count). The fraction of sp³-hybridized carbons (Fsp3) is 0.188. The second-order valence-electron chi connectivity index (χ2n) is 3.81. The summed E-state index contributed by atoms with van der Waals surface area (Å²) in [7, 11) is 0. The van der Waals surface area contributed by atoms with Gasteiger partial charge in [0.25, 0.3) is 0 Å². The van der Waals surface area contributed by atoms with Crippen LogP contribution in [0.2, 0.25) is 0 Å². The summed E-state index contributed by atoms with van der Waals surface area (Å²) in [5.74, 6) is 1.69. The quantitative estimate of drug-likeness (QED) is 0.864. The van der Waals surface area contributed by atoms with E-state index in [1.165, 1.54) is 0 Å². The number of hydrogen-bond donors (Lipinski definition) is 1. The Kier molecular flexibility index (Phi) is 4.56. The van der Waals surface area contributed by atoms with E-state index in [4.69, 9.17) is 4.74 Å². The Morgan fingerprint density at radius 2 is 2.11 bits per heavy atom. The first kappa shape index (κ1) is 13.1. The number of benzene rings is 1. The molecule has 0 bridgehead atoms. The molecule has 1 aromatic carbocycles. The van der Waals surface area contributed by atoms with E-state index < -0.39 is 0 Å². The molecule has 1 aliphatic carbocycles. The highest BCUT2D eigenvalue weighted by Crippen LogP contribution is 2.20. The van der Waals surface area contributed by atoms with Crippen molar-refractivity contribution in [2.75, 3.05) is 0 Å². The number of imidazole rings is 1. The lowest BCUT2D eigenvalue weighted by Crippen LogP contribution is -1.91. The minimum Gasteiger partial charge on any atom is -0.458 e. The first-order chi connectivity index (χ1) is 9.42. The van der Waals surface area contributed by atoms with Crippen molar-refractivity contribution in [3.8, 4) is 5.75 Å². The molecule has 3 heteroatoms. The summed E-state index contributed by atoms with van der Waals surface area (Å²) < 4.78 is 5.80. The minimum atomic E-state index is 0.819. The Morgan fingerprint density at radius 1 is 1.21 bits per heavy atom. The predicted molar refractivity (Wildman–Crippen MR) is 79.0 cm³/mol. The average molecular weight is 254 g/mol. The van der Waals surface area contributed by atoms with Gasteiger partial charge in [-0.1, -0.05) is 32.1 Å². The summed E-state index contributed by atoms with van der Waals surface area (Å²) in [6, 6.07) is 5.83. The second kappa shape index (κ2) is 6.59. The van der Waals surface area contributed by atoms with Gasteiger partial charge in [-0.05, 0) is 30.7 Å². The monoisotopic (exact) mass is 254 g/mol. The number of rotatable bonds is 2. The van der Waals surface area contributed by atoms with Crippen LogP contribution >= 0.6 is 0 Å². The van der Waals surface area contributed by atoms with Gasteiger partial charge in [-0.15, -0.1) is 0 Å². The van der Waals surface area contributed by atoms with Crippen molar-refractivity contribution < 1.29 is 4.74 Å². The first-order valence-corrected chi connectivity index (χ1v) is 6.56. The van der Waals surface area contributed by atoms with Gasteiger partial charge in [0, 0.05) is 6.07 Å². The molecule has 1 aliphatic rings. The van der Waals surface area contributed by atoms with Crippen molar-refractivity contribution in [1.82, 2.24) is 9.97 Å². The number of allylic oxidation sites excluding steroid dienone is 5. The van der Waals surface area contributed by atoms with Gasteiger partial charge in [0.1, 0.15) is 11.5 Å². The maximum atomic E-state index is 5.80. The molecule has 0 amide bonds. The molecule has 0 spiro atoms. The van der Waals surface area contributed by atoms with Crippen molar-refractivity contribution in [1.29, 1.82) is 0 Å². The van der Waals surface area contributed by atoms with Crippen molar-refractivity contribution >= 4 is 11.0 Å². The Hall–Kier alpha value is -2.29. The molecule has 1 N–H and O–H groups in total. The number of aromatic amines is 1. The minimum absolute atomic E-state index is 0.819. The van der Waals surface area contributed by atoms with Gasteiger partial charge in [-0.3, -0.25) is 0 Å². The molecule has 1 aromatic heterocycles. The van der Waals surface area contributed by atoms with Gasteiger partial charge in [0.05, 0.1) is 17.4 Å². The number of H-pyrrole nitrogens is 1. The van der Waals surface area contributed by atoms with Gasteiger partial charge in [-0.25, -0.2) is 4.98 Å². The molecular formula is C16H18N2O. The molecule has 1 heterocycles. The average Bonchev–Trinajstić information content (AvgIpc) is 2.77. The van der Waals surface area contributed by atoms with E-state index in [0.29, 0.717) is 0 Å². The lowest BCUT2D eigenvalue weighted by molar-refractivity contribution is 0.443. The Balaban J connectivity index is 0.000000637. The molecular weight excluding hydrogens is 236 g/mol. The predicted octanol–water partition coefficient (Wildman–Crippen LogP) is 4.37. The zero-order valence-electron chi connectivity index (χ0n) is 11.3. The van der Waals surface area contributed by atoms with Crippen LogP contribution in [0.5, 0.6) is 5.75 Å². The Morgan fingerprint density at radius 3 is 3.00 bits per heavy atom. The molecule has 0 saturated heterocycles. The van der Waals surface area contributed by atoms with Crippen LogP contribution in [0.3, 0.4) is 0 Å². The zero-order chi connectivity index (χ0) is 13.5. The van der Waals surface area contributed by atoms with Crippen LogP contribution < -0.4 is 4.74 Å². The van der Waals surface area contributed by atoms with E-state index in [9.17, 15) is 0 Å². The molecule has 98 valence electrons. The van der Waals surface area contributed by atoms with E-state index in [-0.39, 0.29) is 0 Å². The van der Waals surface area contributed by atoms with E-state index >= 15 is 0 Å². The van der Waals surface area contributed by atoms with E-state index in [1.807, 2.05) is 50.3 Å². The second-order valence-corrected chi connectivity index (χ2v) is 3.81. The van der Waals surface area contributed by atoms with Crippen molar-refractivity contribution in [2.45, 2.75) is 20.3 Å². The first-order valence-electron chi connectivity index (χ1n) is 6.56. The largest absolute Gasteiger partial charge is 0.458 e. The number of aromatic nitrogens is 2. The standard InChI is InChI=1S/C14H12N2O.C2H6/c1-2-4-6-11(5-3-1)17-12-7-8-13-14(9-12)16-10-15-13;1-2/h1-3,5-10H,4H2,(H,15,16);1-2H3. The lowest BCUT2D eigenvalue weighted by Gasteiger charge is -2.05. The number of fused-ring (bicyclic) bond motifs is 1.